The number of nitrogens with one attached hydrogen (secondary N) is 1. The molecule has 0 unspecified atom stereocenters. The maximum atomic E-state index is 13.9. The third-order valence-electron chi connectivity index (χ3n) is 8.33. The van der Waals surface area contributed by atoms with Crippen molar-refractivity contribution in [1.82, 2.24) is 14.3 Å². The first-order chi connectivity index (χ1) is 20.3. The fourth-order valence-electron chi connectivity index (χ4n) is 5.75. The third-order valence-corrected chi connectivity index (χ3v) is 10.0. The molecule has 0 spiro atoms. The standard InChI is InChI=1S/C33H36ClFN4O3S/c1-22(23-7-5-9-25(35)18-23)17-32(40)39(21-31-36-15-16-38(31)4)26-11-12-29-28(20-26)30(13-14-33(29,2)3)37-43(41,42)27-10-6-8-24(34)19-27/h5-12,15-16,18-20,22,30,37H,13-14,17,21H2,1-4H3/t22-,30-/m1/s1. The van der Waals surface area contributed by atoms with E-state index in [-0.39, 0.29) is 40.9 Å². The first kappa shape index (κ1) is 30.9. The number of rotatable bonds is 9. The van der Waals surface area contributed by atoms with Crippen LogP contribution in [0.4, 0.5) is 10.1 Å². The first-order valence-electron chi connectivity index (χ1n) is 14.3. The highest BCUT2D eigenvalue weighted by Crippen LogP contribution is 2.44. The van der Waals surface area contributed by atoms with Crippen LogP contribution in [0.1, 0.15) is 74.5 Å². The van der Waals surface area contributed by atoms with E-state index in [0.717, 1.165) is 23.1 Å². The van der Waals surface area contributed by atoms with Crippen molar-refractivity contribution in [2.45, 2.75) is 68.8 Å². The second-order valence-corrected chi connectivity index (χ2v) is 14.1. The van der Waals surface area contributed by atoms with Crippen molar-refractivity contribution in [2.75, 3.05) is 4.90 Å². The van der Waals surface area contributed by atoms with Gasteiger partial charge in [-0.2, -0.15) is 0 Å². The highest BCUT2D eigenvalue weighted by atomic mass is 35.5. The van der Waals surface area contributed by atoms with Gasteiger partial charge in [-0.1, -0.05) is 56.6 Å². The first-order valence-corrected chi connectivity index (χ1v) is 16.1. The quantitative estimate of drug-likeness (QED) is 0.217. The molecule has 0 aliphatic heterocycles. The summed E-state index contributed by atoms with van der Waals surface area (Å²) in [6, 6.07) is 17.9. The van der Waals surface area contributed by atoms with Crippen LogP contribution >= 0.6 is 11.6 Å². The summed E-state index contributed by atoms with van der Waals surface area (Å²) in [5, 5.41) is 0.339. The van der Waals surface area contributed by atoms with Crippen molar-refractivity contribution in [2.24, 2.45) is 7.05 Å². The summed E-state index contributed by atoms with van der Waals surface area (Å²) in [5.74, 6) is -0.0139. The number of fused-ring (bicyclic) bond motifs is 1. The Bertz CT molecular complexity index is 1750. The molecule has 1 N–H and O–H groups in total. The minimum atomic E-state index is -3.87. The van der Waals surface area contributed by atoms with E-state index >= 15 is 0 Å². The predicted molar refractivity (Wildman–Crippen MR) is 167 cm³/mol. The number of imidazole rings is 1. The topological polar surface area (TPSA) is 84.3 Å². The van der Waals surface area contributed by atoms with Crippen LogP contribution in [0, 0.1) is 5.82 Å². The molecule has 226 valence electrons. The molecule has 1 aliphatic rings. The smallest absolute Gasteiger partial charge is 0.241 e. The summed E-state index contributed by atoms with van der Waals surface area (Å²) in [6.07, 6.45) is 5.03. The van der Waals surface area contributed by atoms with Gasteiger partial charge in [0.2, 0.25) is 15.9 Å². The number of aromatic nitrogens is 2. The van der Waals surface area contributed by atoms with E-state index < -0.39 is 16.1 Å². The van der Waals surface area contributed by atoms with E-state index in [1.165, 1.54) is 24.3 Å². The molecule has 4 aromatic rings. The Morgan fingerprint density at radius 1 is 1.16 bits per heavy atom. The van der Waals surface area contributed by atoms with Crippen molar-refractivity contribution >= 4 is 33.2 Å². The molecule has 1 aliphatic carbocycles. The highest BCUT2D eigenvalue weighted by Gasteiger charge is 2.36. The minimum Gasteiger partial charge on any atom is -0.337 e. The molecule has 5 rings (SSSR count). The lowest BCUT2D eigenvalue weighted by molar-refractivity contribution is -0.119. The number of anilines is 1. The minimum absolute atomic E-state index is 0.0976. The average molecular weight is 623 g/mol. The number of nitrogens with zero attached hydrogens (tertiary/aromatic N) is 3. The third kappa shape index (κ3) is 6.84. The van der Waals surface area contributed by atoms with Crippen LogP contribution in [-0.2, 0) is 33.8 Å². The van der Waals surface area contributed by atoms with Gasteiger partial charge in [0.05, 0.1) is 11.4 Å². The summed E-state index contributed by atoms with van der Waals surface area (Å²) >= 11 is 6.09. The van der Waals surface area contributed by atoms with Gasteiger partial charge in [0.1, 0.15) is 11.6 Å². The maximum absolute atomic E-state index is 13.9. The molecule has 1 heterocycles. The molecule has 0 bridgehead atoms. The Morgan fingerprint density at radius 2 is 1.93 bits per heavy atom. The number of amides is 1. The second kappa shape index (κ2) is 12.2. The van der Waals surface area contributed by atoms with Gasteiger partial charge in [0, 0.05) is 42.6 Å². The maximum Gasteiger partial charge on any atom is 0.241 e. The monoisotopic (exact) mass is 622 g/mol. The second-order valence-electron chi connectivity index (χ2n) is 11.9. The molecule has 2 atom stereocenters. The fourth-order valence-corrected chi connectivity index (χ4v) is 7.30. The number of sulfonamides is 1. The van der Waals surface area contributed by atoms with Crippen LogP contribution in [0.5, 0.6) is 0 Å². The van der Waals surface area contributed by atoms with Crippen LogP contribution in [0.25, 0.3) is 0 Å². The van der Waals surface area contributed by atoms with Gasteiger partial charge in [0.15, 0.2) is 0 Å². The Morgan fingerprint density at radius 3 is 2.63 bits per heavy atom. The Labute approximate surface area is 257 Å². The number of hydrogen-bond acceptors (Lipinski definition) is 4. The number of aryl methyl sites for hydroxylation is 1. The Kier molecular flexibility index (Phi) is 8.79. The zero-order valence-electron chi connectivity index (χ0n) is 24.7. The zero-order valence-corrected chi connectivity index (χ0v) is 26.3. The van der Waals surface area contributed by atoms with Crippen molar-refractivity contribution < 1.29 is 17.6 Å². The molecule has 7 nitrogen and oxygen atoms in total. The molecule has 1 amide bonds. The van der Waals surface area contributed by atoms with Gasteiger partial charge in [-0.25, -0.2) is 22.5 Å². The van der Waals surface area contributed by atoms with Crippen molar-refractivity contribution in [3.05, 3.63) is 112 Å². The van der Waals surface area contributed by atoms with E-state index in [4.69, 9.17) is 11.6 Å². The number of carbonyl (C=O) groups is 1. The lowest BCUT2D eigenvalue weighted by atomic mass is 9.71. The van der Waals surface area contributed by atoms with E-state index in [1.54, 1.807) is 29.3 Å². The number of halogens is 2. The fraction of sp³-hybridized carbons (Fsp3) is 0.333. The van der Waals surface area contributed by atoms with Gasteiger partial charge < -0.3 is 9.47 Å². The predicted octanol–water partition coefficient (Wildman–Crippen LogP) is 7.03. The molecular formula is C33H36ClFN4O3S. The molecule has 0 radical (unpaired) electrons. The van der Waals surface area contributed by atoms with Crippen LogP contribution in [0.15, 0.2) is 84.0 Å². The highest BCUT2D eigenvalue weighted by molar-refractivity contribution is 7.89. The van der Waals surface area contributed by atoms with Crippen molar-refractivity contribution in [1.29, 1.82) is 0 Å². The number of carbonyl (C=O) groups excluding carboxylic acids is 1. The van der Waals surface area contributed by atoms with Gasteiger partial charge in [-0.3, -0.25) is 4.79 Å². The largest absolute Gasteiger partial charge is 0.337 e. The van der Waals surface area contributed by atoms with Crippen LogP contribution in [-0.4, -0.2) is 23.9 Å². The van der Waals surface area contributed by atoms with Crippen molar-refractivity contribution in [3.8, 4) is 0 Å². The molecule has 1 aromatic heterocycles. The van der Waals surface area contributed by atoms with Gasteiger partial charge >= 0.3 is 0 Å². The molecular weight excluding hydrogens is 587 g/mol. The Hall–Kier alpha value is -3.53. The van der Waals surface area contributed by atoms with E-state index in [1.807, 2.05) is 49.0 Å². The number of hydrogen-bond donors (Lipinski definition) is 1. The summed E-state index contributed by atoms with van der Waals surface area (Å²) in [7, 11) is -2.00. The molecule has 43 heavy (non-hydrogen) atoms. The SMILES string of the molecule is C[C@H](CC(=O)N(Cc1nccn1C)c1ccc2c(c1)[C@H](NS(=O)(=O)c1cccc(Cl)c1)CCC2(C)C)c1cccc(F)c1. The molecule has 10 heteroatoms. The molecule has 3 aromatic carbocycles. The van der Waals surface area contributed by atoms with E-state index in [2.05, 4.69) is 23.6 Å². The number of benzene rings is 3. The summed E-state index contributed by atoms with van der Waals surface area (Å²) < 4.78 is 45.5. The molecule has 0 saturated heterocycles. The van der Waals surface area contributed by atoms with Crippen LogP contribution in [0.2, 0.25) is 5.02 Å². The van der Waals surface area contributed by atoms with E-state index in [0.29, 0.717) is 23.0 Å². The summed E-state index contributed by atoms with van der Waals surface area (Å²) in [5.41, 5.74) is 3.05. The summed E-state index contributed by atoms with van der Waals surface area (Å²) in [6.45, 7) is 6.41. The Balaban J connectivity index is 1.52. The molecule has 0 fully saturated rings. The lowest BCUT2D eigenvalue weighted by Gasteiger charge is -2.38. The van der Waals surface area contributed by atoms with Gasteiger partial charge in [-0.05, 0) is 83.3 Å². The van der Waals surface area contributed by atoms with Gasteiger partial charge in [-0.15, -0.1) is 0 Å². The van der Waals surface area contributed by atoms with E-state index in [9.17, 15) is 17.6 Å². The average Bonchev–Trinajstić information content (AvgIpc) is 3.37. The zero-order chi connectivity index (χ0) is 30.9. The van der Waals surface area contributed by atoms with Gasteiger partial charge in [0.25, 0.3) is 0 Å². The van der Waals surface area contributed by atoms with Crippen LogP contribution < -0.4 is 9.62 Å². The molecule has 0 saturated carbocycles. The van der Waals surface area contributed by atoms with Crippen molar-refractivity contribution in [3.63, 3.8) is 0 Å². The normalized spacial score (nSPS) is 16.8. The lowest BCUT2D eigenvalue weighted by Crippen LogP contribution is -2.37. The summed E-state index contributed by atoms with van der Waals surface area (Å²) in [4.78, 5) is 20.2. The van der Waals surface area contributed by atoms with Crippen LogP contribution in [0.3, 0.4) is 0 Å².